The van der Waals surface area contributed by atoms with Crippen molar-refractivity contribution in [1.29, 1.82) is 0 Å². The molecule has 0 atom stereocenters. The number of benzene rings is 1. The first-order chi connectivity index (χ1) is 11.0. The average molecular weight is 343 g/mol. The minimum atomic E-state index is -2.83. The summed E-state index contributed by atoms with van der Waals surface area (Å²) in [6.45, 7) is -2.38. The number of thioether (sulfide) groups is 1. The minimum absolute atomic E-state index is 0.112. The summed E-state index contributed by atoms with van der Waals surface area (Å²) >= 11 is 1.24. The topological polar surface area (TPSA) is 81.9 Å². The number of rotatable bonds is 8. The van der Waals surface area contributed by atoms with Crippen molar-refractivity contribution in [3.05, 3.63) is 29.8 Å². The van der Waals surface area contributed by atoms with Gasteiger partial charge in [0.05, 0.1) is 5.75 Å². The molecule has 2 rings (SSSR count). The molecule has 0 fully saturated rings. The number of tetrazole rings is 1. The van der Waals surface area contributed by atoms with Crippen molar-refractivity contribution in [2.75, 3.05) is 12.3 Å². The zero-order valence-electron chi connectivity index (χ0n) is 12.3. The molecule has 1 aromatic carbocycles. The summed E-state index contributed by atoms with van der Waals surface area (Å²) < 4.78 is 29.8. The number of carbonyl (C=O) groups is 1. The lowest BCUT2D eigenvalue weighted by atomic mass is 10.1. The molecule has 1 N–H and O–H groups in total. The molecule has 23 heavy (non-hydrogen) atoms. The number of carbonyl (C=O) groups excluding carboxylic acids is 1. The molecule has 124 valence electrons. The first-order valence-corrected chi connectivity index (χ1v) is 7.69. The van der Waals surface area contributed by atoms with E-state index in [2.05, 4.69) is 25.6 Å². The van der Waals surface area contributed by atoms with Crippen molar-refractivity contribution in [3.63, 3.8) is 0 Å². The van der Waals surface area contributed by atoms with Crippen LogP contribution in [0.15, 0.2) is 29.4 Å². The third-order valence-electron chi connectivity index (χ3n) is 2.80. The number of nitrogens with one attached hydrogen (secondary N) is 1. The molecular weight excluding hydrogens is 328 g/mol. The molecular formula is C13H15F2N5O2S. The second kappa shape index (κ2) is 8.42. The summed E-state index contributed by atoms with van der Waals surface area (Å²) in [6, 6.07) is 6.31. The quantitative estimate of drug-likeness (QED) is 0.727. The summed E-state index contributed by atoms with van der Waals surface area (Å²) in [6.07, 6.45) is 0.594. The van der Waals surface area contributed by atoms with E-state index in [9.17, 15) is 13.6 Å². The van der Waals surface area contributed by atoms with Gasteiger partial charge in [-0.25, -0.2) is 4.68 Å². The van der Waals surface area contributed by atoms with Crippen LogP contribution < -0.4 is 10.1 Å². The highest BCUT2D eigenvalue weighted by Crippen LogP contribution is 2.15. The van der Waals surface area contributed by atoms with Crippen LogP contribution in [0.2, 0.25) is 0 Å². The van der Waals surface area contributed by atoms with Crippen LogP contribution >= 0.6 is 11.8 Å². The van der Waals surface area contributed by atoms with Crippen LogP contribution in [-0.4, -0.2) is 45.0 Å². The van der Waals surface area contributed by atoms with E-state index in [1.165, 1.54) is 28.6 Å². The summed E-state index contributed by atoms with van der Waals surface area (Å²) in [5, 5.41) is 14.2. The van der Waals surface area contributed by atoms with Crippen molar-refractivity contribution in [3.8, 4) is 5.75 Å². The number of hydrogen-bond donors (Lipinski definition) is 1. The number of ether oxygens (including phenoxy) is 1. The Hall–Kier alpha value is -2.23. The molecule has 0 aliphatic rings. The van der Waals surface area contributed by atoms with Gasteiger partial charge in [-0.15, -0.1) is 5.10 Å². The largest absolute Gasteiger partial charge is 0.435 e. The fourth-order valence-electron chi connectivity index (χ4n) is 1.71. The first-order valence-electron chi connectivity index (χ1n) is 6.70. The Morgan fingerprint density at radius 3 is 2.74 bits per heavy atom. The van der Waals surface area contributed by atoms with Gasteiger partial charge in [-0.1, -0.05) is 23.9 Å². The van der Waals surface area contributed by atoms with Crippen molar-refractivity contribution in [2.24, 2.45) is 7.05 Å². The molecule has 7 nitrogen and oxygen atoms in total. The van der Waals surface area contributed by atoms with Gasteiger partial charge >= 0.3 is 6.61 Å². The smallest absolute Gasteiger partial charge is 0.387 e. The third-order valence-corrected chi connectivity index (χ3v) is 3.81. The number of nitrogens with zero attached hydrogens (tertiary/aromatic N) is 4. The maximum absolute atomic E-state index is 12.0. The van der Waals surface area contributed by atoms with Crippen LogP contribution in [0.25, 0.3) is 0 Å². The van der Waals surface area contributed by atoms with E-state index in [0.717, 1.165) is 5.56 Å². The number of aromatic nitrogens is 4. The van der Waals surface area contributed by atoms with E-state index < -0.39 is 6.61 Å². The van der Waals surface area contributed by atoms with Gasteiger partial charge in [-0.3, -0.25) is 4.79 Å². The molecule has 0 unspecified atom stereocenters. The summed E-state index contributed by atoms with van der Waals surface area (Å²) in [5.74, 6) is 0.201. The Morgan fingerprint density at radius 1 is 1.39 bits per heavy atom. The van der Waals surface area contributed by atoms with Gasteiger partial charge < -0.3 is 10.1 Å². The van der Waals surface area contributed by atoms with Gasteiger partial charge in [-0.2, -0.15) is 8.78 Å². The lowest BCUT2D eigenvalue weighted by Crippen LogP contribution is -2.27. The molecule has 1 heterocycles. The van der Waals surface area contributed by atoms with Gasteiger partial charge in [0, 0.05) is 13.6 Å². The number of aryl methyl sites for hydroxylation is 1. The minimum Gasteiger partial charge on any atom is -0.435 e. The monoisotopic (exact) mass is 343 g/mol. The average Bonchev–Trinajstić information content (AvgIpc) is 2.92. The maximum atomic E-state index is 12.0. The lowest BCUT2D eigenvalue weighted by molar-refractivity contribution is -0.118. The zero-order valence-corrected chi connectivity index (χ0v) is 13.1. The predicted molar refractivity (Wildman–Crippen MR) is 79.3 cm³/mol. The lowest BCUT2D eigenvalue weighted by Gasteiger charge is -2.07. The fraction of sp³-hybridized carbons (Fsp3) is 0.385. The van der Waals surface area contributed by atoms with Crippen molar-refractivity contribution in [1.82, 2.24) is 25.5 Å². The Kier molecular flexibility index (Phi) is 6.27. The SMILES string of the molecule is Cn1nnnc1SCC(=O)NCCc1ccc(OC(F)F)cc1. The molecule has 0 bridgehead atoms. The first kappa shape index (κ1) is 17.1. The Balaban J connectivity index is 1.68. The maximum Gasteiger partial charge on any atom is 0.387 e. The second-order valence-electron chi connectivity index (χ2n) is 4.50. The molecule has 1 amide bonds. The summed E-state index contributed by atoms with van der Waals surface area (Å²) in [5.41, 5.74) is 0.914. The Bertz CT molecular complexity index is 636. The van der Waals surface area contributed by atoms with E-state index in [4.69, 9.17) is 0 Å². The van der Waals surface area contributed by atoms with Gasteiger partial charge in [0.2, 0.25) is 11.1 Å². The van der Waals surface area contributed by atoms with E-state index in [1.807, 2.05) is 0 Å². The van der Waals surface area contributed by atoms with Crippen LogP contribution in [0.3, 0.4) is 0 Å². The Labute approximate surface area is 135 Å². The molecule has 0 saturated carbocycles. The molecule has 1 aromatic heterocycles. The number of alkyl halides is 2. The highest BCUT2D eigenvalue weighted by Gasteiger charge is 2.07. The van der Waals surface area contributed by atoms with E-state index in [1.54, 1.807) is 19.2 Å². The Morgan fingerprint density at radius 2 is 2.13 bits per heavy atom. The third kappa shape index (κ3) is 5.81. The van der Waals surface area contributed by atoms with Gasteiger partial charge in [-0.05, 0) is 34.5 Å². The molecule has 0 spiro atoms. The predicted octanol–water partition coefficient (Wildman–Crippen LogP) is 1.26. The van der Waals surface area contributed by atoms with Crippen molar-refractivity contribution in [2.45, 2.75) is 18.2 Å². The molecule has 0 aliphatic heterocycles. The number of amides is 1. The van der Waals surface area contributed by atoms with E-state index in [-0.39, 0.29) is 17.4 Å². The fourth-order valence-corrected chi connectivity index (χ4v) is 2.39. The van der Waals surface area contributed by atoms with Gasteiger partial charge in [0.25, 0.3) is 0 Å². The molecule has 10 heteroatoms. The zero-order chi connectivity index (χ0) is 16.7. The van der Waals surface area contributed by atoms with Crippen LogP contribution in [0.1, 0.15) is 5.56 Å². The molecule has 0 aliphatic carbocycles. The van der Waals surface area contributed by atoms with Crippen LogP contribution in [0.5, 0.6) is 5.75 Å². The van der Waals surface area contributed by atoms with Crippen LogP contribution in [-0.2, 0) is 18.3 Å². The highest BCUT2D eigenvalue weighted by atomic mass is 32.2. The summed E-state index contributed by atoms with van der Waals surface area (Å²) in [7, 11) is 1.70. The van der Waals surface area contributed by atoms with Gasteiger partial charge in [0.15, 0.2) is 0 Å². The standard InChI is InChI=1S/C13H15F2N5O2S/c1-20-13(17-18-19-20)23-8-11(21)16-7-6-9-2-4-10(5-3-9)22-12(14)15/h2-5,12H,6-8H2,1H3,(H,16,21). The normalized spacial score (nSPS) is 10.8. The van der Waals surface area contributed by atoms with E-state index >= 15 is 0 Å². The van der Waals surface area contributed by atoms with E-state index in [0.29, 0.717) is 18.1 Å². The number of halogens is 2. The van der Waals surface area contributed by atoms with Crippen molar-refractivity contribution >= 4 is 17.7 Å². The second-order valence-corrected chi connectivity index (χ2v) is 5.44. The number of hydrogen-bond acceptors (Lipinski definition) is 6. The van der Waals surface area contributed by atoms with Crippen LogP contribution in [0.4, 0.5) is 8.78 Å². The molecule has 2 aromatic rings. The highest BCUT2D eigenvalue weighted by molar-refractivity contribution is 7.99. The van der Waals surface area contributed by atoms with Crippen molar-refractivity contribution < 1.29 is 18.3 Å². The molecule has 0 radical (unpaired) electrons. The molecule has 0 saturated heterocycles. The summed E-state index contributed by atoms with van der Waals surface area (Å²) in [4.78, 5) is 11.7. The van der Waals surface area contributed by atoms with Crippen LogP contribution in [0, 0.1) is 0 Å². The van der Waals surface area contributed by atoms with Gasteiger partial charge in [0.1, 0.15) is 5.75 Å².